The highest BCUT2D eigenvalue weighted by Crippen LogP contribution is 2.47. The Morgan fingerprint density at radius 3 is 2.61 bits per heavy atom. The van der Waals surface area contributed by atoms with Gasteiger partial charge in [-0.2, -0.15) is 0 Å². The van der Waals surface area contributed by atoms with E-state index in [0.29, 0.717) is 18.1 Å². The standard InChI is InChI=1S/C17H22O6/c1-10(17(19)22-4)15-11(8-14(18)21-3)9-23-16-12(15)6-5-7-13(16)20-2/h5-7,10-11,15H,8-9H2,1-4H3. The van der Waals surface area contributed by atoms with Crippen molar-refractivity contribution >= 4 is 11.9 Å². The van der Waals surface area contributed by atoms with E-state index in [1.54, 1.807) is 20.1 Å². The van der Waals surface area contributed by atoms with Crippen LogP contribution in [0, 0.1) is 11.8 Å². The van der Waals surface area contributed by atoms with Gasteiger partial charge in [-0.25, -0.2) is 0 Å². The fourth-order valence-corrected chi connectivity index (χ4v) is 3.15. The van der Waals surface area contributed by atoms with Crippen LogP contribution >= 0.6 is 0 Å². The lowest BCUT2D eigenvalue weighted by Crippen LogP contribution is -2.35. The number of benzene rings is 1. The molecule has 0 bridgehead atoms. The molecular formula is C17H22O6. The molecule has 1 aromatic rings. The third-order valence-corrected chi connectivity index (χ3v) is 4.31. The Balaban J connectivity index is 2.43. The largest absolute Gasteiger partial charge is 0.493 e. The summed E-state index contributed by atoms with van der Waals surface area (Å²) in [6.07, 6.45) is 0.180. The molecule has 0 fully saturated rings. The van der Waals surface area contributed by atoms with Crippen molar-refractivity contribution in [3.63, 3.8) is 0 Å². The second-order valence-corrected chi connectivity index (χ2v) is 5.57. The number of para-hydroxylation sites is 1. The van der Waals surface area contributed by atoms with Crippen LogP contribution in [0.15, 0.2) is 18.2 Å². The van der Waals surface area contributed by atoms with Crippen LogP contribution in [-0.4, -0.2) is 39.9 Å². The second-order valence-electron chi connectivity index (χ2n) is 5.57. The van der Waals surface area contributed by atoms with Gasteiger partial charge in [0.2, 0.25) is 0 Å². The predicted octanol–water partition coefficient (Wildman–Crippen LogP) is 2.16. The normalized spacial score (nSPS) is 20.7. The summed E-state index contributed by atoms with van der Waals surface area (Å²) >= 11 is 0. The monoisotopic (exact) mass is 322 g/mol. The van der Waals surface area contributed by atoms with Gasteiger partial charge in [0.25, 0.3) is 0 Å². The highest BCUT2D eigenvalue weighted by Gasteiger charge is 2.40. The summed E-state index contributed by atoms with van der Waals surface area (Å²) in [6, 6.07) is 5.54. The lowest BCUT2D eigenvalue weighted by molar-refractivity contribution is -0.148. The van der Waals surface area contributed by atoms with Crippen molar-refractivity contribution < 1.29 is 28.5 Å². The van der Waals surface area contributed by atoms with E-state index in [4.69, 9.17) is 18.9 Å². The first-order valence-electron chi connectivity index (χ1n) is 7.47. The summed E-state index contributed by atoms with van der Waals surface area (Å²) in [7, 11) is 4.28. The Hall–Kier alpha value is -2.24. The lowest BCUT2D eigenvalue weighted by atomic mass is 9.74. The first-order chi connectivity index (χ1) is 11.0. The third kappa shape index (κ3) is 3.41. The Kier molecular flexibility index (Phi) is 5.47. The average molecular weight is 322 g/mol. The molecule has 1 aliphatic rings. The van der Waals surface area contributed by atoms with Crippen molar-refractivity contribution in [2.75, 3.05) is 27.9 Å². The van der Waals surface area contributed by atoms with E-state index in [0.717, 1.165) is 5.56 Å². The Morgan fingerprint density at radius 2 is 2.00 bits per heavy atom. The molecule has 23 heavy (non-hydrogen) atoms. The quantitative estimate of drug-likeness (QED) is 0.774. The van der Waals surface area contributed by atoms with Gasteiger partial charge in [-0.3, -0.25) is 9.59 Å². The number of hydrogen-bond acceptors (Lipinski definition) is 6. The maximum atomic E-state index is 12.1. The molecule has 0 aromatic heterocycles. The van der Waals surface area contributed by atoms with E-state index in [2.05, 4.69) is 0 Å². The topological polar surface area (TPSA) is 71.1 Å². The number of esters is 2. The smallest absolute Gasteiger partial charge is 0.309 e. The number of ether oxygens (including phenoxy) is 4. The molecule has 6 nitrogen and oxygen atoms in total. The maximum absolute atomic E-state index is 12.1. The zero-order chi connectivity index (χ0) is 17.0. The Morgan fingerprint density at radius 1 is 1.26 bits per heavy atom. The molecule has 1 aromatic carbocycles. The molecule has 0 aliphatic carbocycles. The van der Waals surface area contributed by atoms with Crippen molar-refractivity contribution in [3.8, 4) is 11.5 Å². The van der Waals surface area contributed by atoms with E-state index < -0.39 is 5.92 Å². The van der Waals surface area contributed by atoms with Crippen LogP contribution in [0.1, 0.15) is 24.8 Å². The van der Waals surface area contributed by atoms with Crippen molar-refractivity contribution in [1.82, 2.24) is 0 Å². The number of carbonyl (C=O) groups excluding carboxylic acids is 2. The Labute approximate surface area is 135 Å². The number of rotatable bonds is 5. The van der Waals surface area contributed by atoms with Crippen LogP contribution in [0.25, 0.3) is 0 Å². The molecule has 2 rings (SSSR count). The van der Waals surface area contributed by atoms with Crippen molar-refractivity contribution in [1.29, 1.82) is 0 Å². The van der Waals surface area contributed by atoms with Crippen molar-refractivity contribution in [2.45, 2.75) is 19.3 Å². The molecule has 0 saturated carbocycles. The van der Waals surface area contributed by atoms with Gasteiger partial charge in [0.15, 0.2) is 11.5 Å². The minimum Gasteiger partial charge on any atom is -0.493 e. The molecule has 3 unspecified atom stereocenters. The fourth-order valence-electron chi connectivity index (χ4n) is 3.15. The minimum atomic E-state index is -0.413. The number of carbonyl (C=O) groups is 2. The van der Waals surface area contributed by atoms with Gasteiger partial charge >= 0.3 is 11.9 Å². The molecule has 1 aliphatic heterocycles. The zero-order valence-corrected chi connectivity index (χ0v) is 13.8. The van der Waals surface area contributed by atoms with E-state index in [9.17, 15) is 9.59 Å². The van der Waals surface area contributed by atoms with Gasteiger partial charge in [-0.05, 0) is 6.07 Å². The van der Waals surface area contributed by atoms with Crippen LogP contribution in [-0.2, 0) is 19.1 Å². The van der Waals surface area contributed by atoms with E-state index >= 15 is 0 Å². The molecule has 0 N–H and O–H groups in total. The van der Waals surface area contributed by atoms with Gasteiger partial charge in [-0.15, -0.1) is 0 Å². The van der Waals surface area contributed by atoms with Gasteiger partial charge in [0.05, 0.1) is 40.3 Å². The highest BCUT2D eigenvalue weighted by atomic mass is 16.5. The van der Waals surface area contributed by atoms with Gasteiger partial charge < -0.3 is 18.9 Å². The zero-order valence-electron chi connectivity index (χ0n) is 13.8. The molecule has 0 amide bonds. The molecule has 0 radical (unpaired) electrons. The van der Waals surface area contributed by atoms with Gasteiger partial charge in [-0.1, -0.05) is 19.1 Å². The molecule has 3 atom stereocenters. The second kappa shape index (κ2) is 7.35. The number of fused-ring (bicyclic) bond motifs is 1. The Bertz CT molecular complexity index is 582. The van der Waals surface area contributed by atoms with Crippen LogP contribution < -0.4 is 9.47 Å². The molecule has 0 spiro atoms. The van der Waals surface area contributed by atoms with Crippen molar-refractivity contribution in [3.05, 3.63) is 23.8 Å². The van der Waals surface area contributed by atoms with Crippen LogP contribution in [0.4, 0.5) is 0 Å². The summed E-state index contributed by atoms with van der Waals surface area (Å²) < 4.78 is 20.8. The number of methoxy groups -OCH3 is 3. The predicted molar refractivity (Wildman–Crippen MR) is 82.5 cm³/mol. The average Bonchev–Trinajstić information content (AvgIpc) is 2.59. The molecule has 0 saturated heterocycles. The van der Waals surface area contributed by atoms with Crippen LogP contribution in [0.2, 0.25) is 0 Å². The molecule has 6 heteroatoms. The summed E-state index contributed by atoms with van der Waals surface area (Å²) in [5, 5.41) is 0. The van der Waals surface area contributed by atoms with E-state index in [-0.39, 0.29) is 30.2 Å². The van der Waals surface area contributed by atoms with E-state index in [1.165, 1.54) is 14.2 Å². The summed E-state index contributed by atoms with van der Waals surface area (Å²) in [6.45, 7) is 2.11. The van der Waals surface area contributed by atoms with Gasteiger partial charge in [0.1, 0.15) is 0 Å². The SMILES string of the molecule is COC(=O)CC1COc2c(OC)cccc2C1C(C)C(=O)OC. The highest BCUT2D eigenvalue weighted by molar-refractivity contribution is 5.75. The van der Waals surface area contributed by atoms with Crippen molar-refractivity contribution in [2.24, 2.45) is 11.8 Å². The fraction of sp³-hybridized carbons (Fsp3) is 0.529. The first kappa shape index (κ1) is 17.1. The first-order valence-corrected chi connectivity index (χ1v) is 7.47. The number of hydrogen-bond donors (Lipinski definition) is 0. The summed E-state index contributed by atoms with van der Waals surface area (Å²) in [5.74, 6) is -0.202. The van der Waals surface area contributed by atoms with Crippen LogP contribution in [0.5, 0.6) is 11.5 Å². The third-order valence-electron chi connectivity index (χ3n) is 4.31. The maximum Gasteiger partial charge on any atom is 0.309 e. The molecule has 1 heterocycles. The van der Waals surface area contributed by atoms with E-state index in [1.807, 2.05) is 12.1 Å². The summed E-state index contributed by atoms with van der Waals surface area (Å²) in [5.41, 5.74) is 0.849. The molecular weight excluding hydrogens is 300 g/mol. The lowest BCUT2D eigenvalue weighted by Gasteiger charge is -2.36. The molecule has 126 valence electrons. The minimum absolute atomic E-state index is 0.170. The summed E-state index contributed by atoms with van der Waals surface area (Å²) in [4.78, 5) is 23.8. The van der Waals surface area contributed by atoms with Crippen LogP contribution in [0.3, 0.4) is 0 Å². The van der Waals surface area contributed by atoms with Gasteiger partial charge in [0, 0.05) is 17.4 Å².